The molecule has 1 aromatic rings. The second kappa shape index (κ2) is 6.20. The molecule has 0 aromatic carbocycles. The largest absolute Gasteiger partial charge is 0.444 e. The van der Waals surface area contributed by atoms with Gasteiger partial charge in [0.2, 0.25) is 5.28 Å². The van der Waals surface area contributed by atoms with Gasteiger partial charge in [0.15, 0.2) is 0 Å². The number of aromatic nitrogens is 2. The fourth-order valence-electron chi connectivity index (χ4n) is 1.95. The van der Waals surface area contributed by atoms with E-state index >= 15 is 0 Å². The van der Waals surface area contributed by atoms with Crippen LogP contribution in [-0.2, 0) is 4.74 Å². The zero-order valence-electron chi connectivity index (χ0n) is 12.2. The van der Waals surface area contributed by atoms with Crippen molar-refractivity contribution in [3.05, 3.63) is 28.3 Å². The van der Waals surface area contributed by atoms with E-state index in [-0.39, 0.29) is 11.4 Å². The molecule has 0 bridgehead atoms. The number of carbonyl (C=O) groups is 1. The lowest BCUT2D eigenvalue weighted by molar-refractivity contribution is 0.0270. The van der Waals surface area contributed by atoms with Gasteiger partial charge in [-0.15, -0.1) is 0 Å². The van der Waals surface area contributed by atoms with E-state index in [4.69, 9.17) is 27.9 Å². The topological polar surface area (TPSA) is 55.3 Å². The van der Waals surface area contributed by atoms with E-state index in [2.05, 4.69) is 9.97 Å². The van der Waals surface area contributed by atoms with Crippen LogP contribution in [0, 0.1) is 0 Å². The second-order valence-electron chi connectivity index (χ2n) is 5.74. The molecule has 21 heavy (non-hydrogen) atoms. The van der Waals surface area contributed by atoms with Crippen LogP contribution in [0.2, 0.25) is 10.3 Å². The predicted molar refractivity (Wildman–Crippen MR) is 82.5 cm³/mol. The first-order chi connectivity index (χ1) is 9.76. The van der Waals surface area contributed by atoms with E-state index in [0.29, 0.717) is 30.2 Å². The fourth-order valence-corrected chi connectivity index (χ4v) is 2.29. The molecule has 0 atom stereocenters. The highest BCUT2D eigenvalue weighted by atomic mass is 35.5. The van der Waals surface area contributed by atoms with Gasteiger partial charge in [0.1, 0.15) is 5.60 Å². The lowest BCUT2D eigenvalue weighted by atomic mass is 10.0. The minimum Gasteiger partial charge on any atom is -0.444 e. The lowest BCUT2D eigenvalue weighted by Crippen LogP contribution is -2.39. The maximum Gasteiger partial charge on any atom is 0.410 e. The number of amides is 1. The van der Waals surface area contributed by atoms with Crippen LogP contribution < -0.4 is 0 Å². The monoisotopic (exact) mass is 329 g/mol. The molecule has 7 heteroatoms. The van der Waals surface area contributed by atoms with Crippen molar-refractivity contribution in [2.45, 2.75) is 32.8 Å². The Hall–Kier alpha value is -1.33. The molecular weight excluding hydrogens is 313 g/mol. The van der Waals surface area contributed by atoms with Gasteiger partial charge in [0.05, 0.1) is 16.9 Å². The summed E-state index contributed by atoms with van der Waals surface area (Å²) in [5.74, 6) is 0. The number of halogens is 2. The predicted octanol–water partition coefficient (Wildman–Crippen LogP) is 3.81. The minimum absolute atomic E-state index is 0.157. The first kappa shape index (κ1) is 16.0. The van der Waals surface area contributed by atoms with Crippen molar-refractivity contribution >= 4 is 34.9 Å². The maximum atomic E-state index is 12.0. The van der Waals surface area contributed by atoms with Crippen LogP contribution in [0.15, 0.2) is 12.3 Å². The van der Waals surface area contributed by atoms with Crippen LogP contribution in [0.25, 0.3) is 5.57 Å². The van der Waals surface area contributed by atoms with Crippen LogP contribution >= 0.6 is 23.2 Å². The molecule has 0 unspecified atom stereocenters. The number of hydrogen-bond acceptors (Lipinski definition) is 4. The third-order valence-corrected chi connectivity index (χ3v) is 3.34. The fraction of sp³-hybridized carbons (Fsp3) is 0.500. The molecule has 0 fully saturated rings. The zero-order chi connectivity index (χ0) is 15.6. The molecule has 0 N–H and O–H groups in total. The van der Waals surface area contributed by atoms with Gasteiger partial charge in [0.25, 0.3) is 0 Å². The summed E-state index contributed by atoms with van der Waals surface area (Å²) in [7, 11) is 0. The van der Waals surface area contributed by atoms with Crippen LogP contribution in [-0.4, -0.2) is 39.7 Å². The molecule has 1 amide bonds. The van der Waals surface area contributed by atoms with E-state index in [1.54, 1.807) is 4.90 Å². The first-order valence-corrected chi connectivity index (χ1v) is 7.37. The number of ether oxygens (including phenoxy) is 1. The molecule has 1 aliphatic rings. The van der Waals surface area contributed by atoms with Gasteiger partial charge in [-0.2, -0.15) is 0 Å². The van der Waals surface area contributed by atoms with Gasteiger partial charge in [-0.1, -0.05) is 17.7 Å². The number of nitrogens with zero attached hydrogens (tertiary/aromatic N) is 3. The first-order valence-electron chi connectivity index (χ1n) is 6.61. The molecule has 1 aliphatic heterocycles. The molecule has 0 spiro atoms. The van der Waals surface area contributed by atoms with Crippen molar-refractivity contribution in [1.29, 1.82) is 0 Å². The Labute approximate surface area is 133 Å². The number of rotatable bonds is 1. The SMILES string of the molecule is CC(C)(C)OC(=O)N1CC=C(c2nc(Cl)ncc2Cl)CC1. The third kappa shape index (κ3) is 4.32. The normalized spacial score (nSPS) is 15.7. The Morgan fingerprint density at radius 3 is 2.67 bits per heavy atom. The summed E-state index contributed by atoms with van der Waals surface area (Å²) in [5.41, 5.74) is 1.09. The summed E-state index contributed by atoms with van der Waals surface area (Å²) in [4.78, 5) is 21.6. The Morgan fingerprint density at radius 2 is 2.10 bits per heavy atom. The van der Waals surface area contributed by atoms with Crippen molar-refractivity contribution in [2.24, 2.45) is 0 Å². The molecule has 114 valence electrons. The van der Waals surface area contributed by atoms with Gasteiger partial charge in [-0.05, 0) is 44.4 Å². The van der Waals surface area contributed by atoms with E-state index in [0.717, 1.165) is 5.57 Å². The Bertz CT molecular complexity index is 582. The molecule has 2 heterocycles. The van der Waals surface area contributed by atoms with E-state index in [9.17, 15) is 4.79 Å². The zero-order valence-corrected chi connectivity index (χ0v) is 13.7. The van der Waals surface area contributed by atoms with E-state index < -0.39 is 5.60 Å². The van der Waals surface area contributed by atoms with Gasteiger partial charge >= 0.3 is 6.09 Å². The molecule has 0 saturated carbocycles. The Kier molecular flexibility index (Phi) is 4.74. The van der Waals surface area contributed by atoms with Gasteiger partial charge in [-0.3, -0.25) is 0 Å². The summed E-state index contributed by atoms with van der Waals surface area (Å²) < 4.78 is 5.35. The van der Waals surface area contributed by atoms with Gasteiger partial charge in [-0.25, -0.2) is 14.8 Å². The summed E-state index contributed by atoms with van der Waals surface area (Å²) in [6, 6.07) is 0. The van der Waals surface area contributed by atoms with Crippen LogP contribution in [0.4, 0.5) is 4.79 Å². The lowest BCUT2D eigenvalue weighted by Gasteiger charge is -2.29. The smallest absolute Gasteiger partial charge is 0.410 e. The highest BCUT2D eigenvalue weighted by molar-refractivity contribution is 6.32. The molecule has 0 radical (unpaired) electrons. The van der Waals surface area contributed by atoms with Crippen molar-refractivity contribution in [1.82, 2.24) is 14.9 Å². The average Bonchev–Trinajstić information content (AvgIpc) is 2.40. The molecule has 1 aromatic heterocycles. The van der Waals surface area contributed by atoms with Crippen molar-refractivity contribution in [3.8, 4) is 0 Å². The number of carbonyl (C=O) groups excluding carboxylic acids is 1. The summed E-state index contributed by atoms with van der Waals surface area (Å²) in [6.07, 6.45) is 3.72. The summed E-state index contributed by atoms with van der Waals surface area (Å²) in [5, 5.41) is 0.612. The molecule has 5 nitrogen and oxygen atoms in total. The highest BCUT2D eigenvalue weighted by Crippen LogP contribution is 2.27. The Balaban J connectivity index is 2.08. The minimum atomic E-state index is -0.495. The average molecular weight is 330 g/mol. The molecular formula is C14H17Cl2N3O2. The maximum absolute atomic E-state index is 12.0. The molecule has 0 aliphatic carbocycles. The number of hydrogen-bond donors (Lipinski definition) is 0. The van der Waals surface area contributed by atoms with Crippen molar-refractivity contribution in [2.75, 3.05) is 13.1 Å². The highest BCUT2D eigenvalue weighted by Gasteiger charge is 2.24. The van der Waals surface area contributed by atoms with Crippen LogP contribution in [0.1, 0.15) is 32.9 Å². The van der Waals surface area contributed by atoms with Crippen LogP contribution in [0.5, 0.6) is 0 Å². The van der Waals surface area contributed by atoms with Crippen molar-refractivity contribution < 1.29 is 9.53 Å². The van der Waals surface area contributed by atoms with Crippen LogP contribution in [0.3, 0.4) is 0 Å². The van der Waals surface area contributed by atoms with Gasteiger partial charge < -0.3 is 9.64 Å². The standard InChI is InChI=1S/C14H17Cl2N3O2/c1-14(2,3)21-13(20)19-6-4-9(5-7-19)11-10(15)8-17-12(16)18-11/h4,8H,5-7H2,1-3H3. The molecule has 2 rings (SSSR count). The summed E-state index contributed by atoms with van der Waals surface area (Å²) in [6.45, 7) is 6.55. The van der Waals surface area contributed by atoms with Gasteiger partial charge in [0, 0.05) is 13.1 Å². The second-order valence-corrected chi connectivity index (χ2v) is 6.49. The Morgan fingerprint density at radius 1 is 1.38 bits per heavy atom. The summed E-state index contributed by atoms with van der Waals surface area (Å²) >= 11 is 11.9. The van der Waals surface area contributed by atoms with E-state index in [1.807, 2.05) is 26.8 Å². The van der Waals surface area contributed by atoms with Crippen molar-refractivity contribution in [3.63, 3.8) is 0 Å². The van der Waals surface area contributed by atoms with E-state index in [1.165, 1.54) is 6.20 Å². The quantitative estimate of drug-likeness (QED) is 0.735. The molecule has 0 saturated heterocycles. The third-order valence-electron chi connectivity index (χ3n) is 2.88.